The summed E-state index contributed by atoms with van der Waals surface area (Å²) in [6.07, 6.45) is 1.92. The zero-order valence-electron chi connectivity index (χ0n) is 9.56. The van der Waals surface area contributed by atoms with Crippen molar-refractivity contribution in [3.63, 3.8) is 0 Å². The van der Waals surface area contributed by atoms with Crippen LogP contribution in [0.25, 0.3) is 0 Å². The highest BCUT2D eigenvalue weighted by molar-refractivity contribution is 9.10. The second-order valence-corrected chi connectivity index (χ2v) is 4.52. The number of methoxy groups -OCH3 is 1. The summed E-state index contributed by atoms with van der Waals surface area (Å²) in [5.74, 6) is 0.842. The summed E-state index contributed by atoms with van der Waals surface area (Å²) in [4.78, 5) is 0. The molecule has 0 radical (unpaired) electrons. The Morgan fingerprint density at radius 2 is 2.24 bits per heavy atom. The standard InChI is InChI=1S/C12H14BrN3O/c1-17-11-2-3-12(13)9(6-11)8-16-5-4-10(7-14)15-16/h2-6H,7-8,14H2,1H3. The van der Waals surface area contributed by atoms with E-state index in [-0.39, 0.29) is 0 Å². The zero-order chi connectivity index (χ0) is 12.3. The smallest absolute Gasteiger partial charge is 0.119 e. The average Bonchev–Trinajstić information content (AvgIpc) is 2.80. The van der Waals surface area contributed by atoms with Crippen LogP contribution in [-0.4, -0.2) is 16.9 Å². The molecule has 1 aromatic heterocycles. The lowest BCUT2D eigenvalue weighted by molar-refractivity contribution is 0.414. The third kappa shape index (κ3) is 2.87. The van der Waals surface area contributed by atoms with Gasteiger partial charge in [0.1, 0.15) is 5.75 Å². The van der Waals surface area contributed by atoms with Gasteiger partial charge >= 0.3 is 0 Å². The van der Waals surface area contributed by atoms with E-state index < -0.39 is 0 Å². The maximum Gasteiger partial charge on any atom is 0.119 e. The van der Waals surface area contributed by atoms with E-state index in [1.807, 2.05) is 35.1 Å². The van der Waals surface area contributed by atoms with Crippen LogP contribution in [0, 0.1) is 0 Å². The molecular weight excluding hydrogens is 282 g/mol. The molecule has 90 valence electrons. The van der Waals surface area contributed by atoms with Crippen LogP contribution >= 0.6 is 15.9 Å². The van der Waals surface area contributed by atoms with Crippen LogP contribution in [0.4, 0.5) is 0 Å². The largest absolute Gasteiger partial charge is 0.497 e. The molecule has 0 atom stereocenters. The molecular formula is C12H14BrN3O. The fraction of sp³-hybridized carbons (Fsp3) is 0.250. The molecule has 0 aliphatic heterocycles. The predicted molar refractivity (Wildman–Crippen MR) is 69.9 cm³/mol. The van der Waals surface area contributed by atoms with E-state index >= 15 is 0 Å². The molecule has 2 aromatic rings. The minimum absolute atomic E-state index is 0.465. The van der Waals surface area contributed by atoms with Gasteiger partial charge in [-0.25, -0.2) is 0 Å². The number of hydrogen-bond acceptors (Lipinski definition) is 3. The third-order valence-corrected chi connectivity index (χ3v) is 3.26. The van der Waals surface area contributed by atoms with Gasteiger partial charge in [-0.2, -0.15) is 5.10 Å². The van der Waals surface area contributed by atoms with Crippen LogP contribution < -0.4 is 10.5 Å². The molecule has 0 saturated carbocycles. The Morgan fingerprint density at radius 3 is 2.88 bits per heavy atom. The molecule has 0 aliphatic carbocycles. The summed E-state index contributed by atoms with van der Waals surface area (Å²) in [6.45, 7) is 1.16. The van der Waals surface area contributed by atoms with Crippen LogP contribution in [-0.2, 0) is 13.1 Å². The number of ether oxygens (including phenoxy) is 1. The molecule has 17 heavy (non-hydrogen) atoms. The maximum atomic E-state index is 5.53. The predicted octanol–water partition coefficient (Wildman–Crippen LogP) is 2.16. The van der Waals surface area contributed by atoms with E-state index in [9.17, 15) is 0 Å². The molecule has 0 unspecified atom stereocenters. The van der Waals surface area contributed by atoms with Crippen LogP contribution in [0.5, 0.6) is 5.75 Å². The SMILES string of the molecule is COc1ccc(Br)c(Cn2ccc(CN)n2)c1. The van der Waals surface area contributed by atoms with Gasteiger partial charge in [0.25, 0.3) is 0 Å². The van der Waals surface area contributed by atoms with Crippen molar-refractivity contribution in [3.05, 3.63) is 46.2 Å². The van der Waals surface area contributed by atoms with Crippen LogP contribution in [0.1, 0.15) is 11.3 Å². The molecule has 1 heterocycles. The van der Waals surface area contributed by atoms with Crippen molar-refractivity contribution in [2.45, 2.75) is 13.1 Å². The van der Waals surface area contributed by atoms with Crippen LogP contribution in [0.2, 0.25) is 0 Å². The van der Waals surface area contributed by atoms with E-state index in [0.717, 1.165) is 21.5 Å². The second-order valence-electron chi connectivity index (χ2n) is 3.67. The summed E-state index contributed by atoms with van der Waals surface area (Å²) in [5.41, 5.74) is 7.54. The molecule has 0 saturated heterocycles. The Balaban J connectivity index is 2.22. The molecule has 5 heteroatoms. The quantitative estimate of drug-likeness (QED) is 0.940. The van der Waals surface area contributed by atoms with Gasteiger partial charge in [-0.1, -0.05) is 15.9 Å². The highest BCUT2D eigenvalue weighted by Gasteiger charge is 2.04. The lowest BCUT2D eigenvalue weighted by Gasteiger charge is -2.07. The van der Waals surface area contributed by atoms with E-state index in [4.69, 9.17) is 10.5 Å². The molecule has 1 aromatic carbocycles. The van der Waals surface area contributed by atoms with Gasteiger partial charge in [-0.05, 0) is 29.8 Å². The van der Waals surface area contributed by atoms with Gasteiger partial charge < -0.3 is 10.5 Å². The summed E-state index contributed by atoms with van der Waals surface area (Å²) in [7, 11) is 1.66. The fourth-order valence-corrected chi connectivity index (χ4v) is 1.95. The van der Waals surface area contributed by atoms with Crippen molar-refractivity contribution in [1.29, 1.82) is 0 Å². The van der Waals surface area contributed by atoms with E-state index in [1.54, 1.807) is 7.11 Å². The average molecular weight is 296 g/mol. The van der Waals surface area contributed by atoms with Gasteiger partial charge in [-0.3, -0.25) is 4.68 Å². The van der Waals surface area contributed by atoms with Crippen molar-refractivity contribution in [2.24, 2.45) is 5.73 Å². The maximum absolute atomic E-state index is 5.53. The van der Waals surface area contributed by atoms with Gasteiger partial charge in [0.2, 0.25) is 0 Å². The van der Waals surface area contributed by atoms with Gasteiger partial charge in [0.05, 0.1) is 19.3 Å². The number of hydrogen-bond donors (Lipinski definition) is 1. The highest BCUT2D eigenvalue weighted by Crippen LogP contribution is 2.23. The van der Waals surface area contributed by atoms with E-state index in [0.29, 0.717) is 13.1 Å². The van der Waals surface area contributed by atoms with Gasteiger partial charge in [-0.15, -0.1) is 0 Å². The van der Waals surface area contributed by atoms with Crippen molar-refractivity contribution in [2.75, 3.05) is 7.11 Å². The molecule has 2 rings (SSSR count). The fourth-order valence-electron chi connectivity index (χ4n) is 1.57. The monoisotopic (exact) mass is 295 g/mol. The summed E-state index contributed by atoms with van der Waals surface area (Å²) >= 11 is 3.52. The summed E-state index contributed by atoms with van der Waals surface area (Å²) < 4.78 is 8.11. The Hall–Kier alpha value is -1.33. The van der Waals surface area contributed by atoms with E-state index in [1.165, 1.54) is 0 Å². The Morgan fingerprint density at radius 1 is 1.41 bits per heavy atom. The lowest BCUT2D eigenvalue weighted by Crippen LogP contribution is -2.04. The van der Waals surface area contributed by atoms with Gasteiger partial charge in [0.15, 0.2) is 0 Å². The number of benzene rings is 1. The molecule has 0 amide bonds. The Labute approximate surface area is 109 Å². The number of halogens is 1. The first kappa shape index (κ1) is 12.1. The topological polar surface area (TPSA) is 53.1 Å². The minimum atomic E-state index is 0.465. The third-order valence-electron chi connectivity index (χ3n) is 2.49. The van der Waals surface area contributed by atoms with Crippen molar-refractivity contribution in [3.8, 4) is 5.75 Å². The molecule has 0 bridgehead atoms. The molecule has 0 spiro atoms. The van der Waals surface area contributed by atoms with Crippen LogP contribution in [0.15, 0.2) is 34.9 Å². The number of nitrogens with two attached hydrogens (primary N) is 1. The van der Waals surface area contributed by atoms with Crippen molar-refractivity contribution in [1.82, 2.24) is 9.78 Å². The van der Waals surface area contributed by atoms with Crippen molar-refractivity contribution >= 4 is 15.9 Å². The number of rotatable bonds is 4. The first-order valence-corrected chi connectivity index (χ1v) is 6.07. The number of aromatic nitrogens is 2. The minimum Gasteiger partial charge on any atom is -0.497 e. The molecule has 4 nitrogen and oxygen atoms in total. The first-order valence-electron chi connectivity index (χ1n) is 5.27. The molecule has 0 fully saturated rings. The Bertz CT molecular complexity index is 510. The Kier molecular flexibility index (Phi) is 3.81. The lowest BCUT2D eigenvalue weighted by atomic mass is 10.2. The summed E-state index contributed by atoms with van der Waals surface area (Å²) in [5, 5.41) is 4.35. The van der Waals surface area contributed by atoms with E-state index in [2.05, 4.69) is 21.0 Å². The first-order chi connectivity index (χ1) is 8.22. The van der Waals surface area contributed by atoms with Crippen molar-refractivity contribution < 1.29 is 4.74 Å². The highest BCUT2D eigenvalue weighted by atomic mass is 79.9. The van der Waals surface area contributed by atoms with Gasteiger partial charge in [0, 0.05) is 17.2 Å². The normalized spacial score (nSPS) is 10.5. The second kappa shape index (κ2) is 5.33. The number of nitrogens with zero attached hydrogens (tertiary/aromatic N) is 2. The summed E-state index contributed by atoms with van der Waals surface area (Å²) in [6, 6.07) is 7.81. The molecule has 0 aliphatic rings. The molecule has 2 N–H and O–H groups in total. The zero-order valence-corrected chi connectivity index (χ0v) is 11.1. The van der Waals surface area contributed by atoms with Crippen LogP contribution in [0.3, 0.4) is 0 Å².